The van der Waals surface area contributed by atoms with Crippen LogP contribution in [0.3, 0.4) is 0 Å². The summed E-state index contributed by atoms with van der Waals surface area (Å²) in [4.78, 5) is 0. The summed E-state index contributed by atoms with van der Waals surface area (Å²) in [6.07, 6.45) is 1.03. The van der Waals surface area contributed by atoms with Gasteiger partial charge in [-0.3, -0.25) is 0 Å². The zero-order chi connectivity index (χ0) is 9.90. The quantitative estimate of drug-likeness (QED) is 0.734. The molecule has 0 aromatic heterocycles. The van der Waals surface area contributed by atoms with Gasteiger partial charge >= 0.3 is 0 Å². The Hall–Kier alpha value is -1.29. The third kappa shape index (κ3) is 3.29. The van der Waals surface area contributed by atoms with Gasteiger partial charge < -0.3 is 5.11 Å². The van der Waals surface area contributed by atoms with Gasteiger partial charge in [-0.1, -0.05) is 30.3 Å². The topological polar surface area (TPSA) is 54.4 Å². The number of benzene rings is 1. The SMILES string of the molecule is CS(=O)(=O)/C=C(\O)c1ccccc1. The minimum Gasteiger partial charge on any atom is -0.507 e. The molecule has 0 aliphatic carbocycles. The number of rotatable bonds is 2. The third-order valence-corrected chi connectivity index (χ3v) is 2.05. The van der Waals surface area contributed by atoms with Crippen molar-refractivity contribution in [3.63, 3.8) is 0 Å². The van der Waals surface area contributed by atoms with E-state index in [1.165, 1.54) is 0 Å². The molecule has 1 aromatic rings. The molecular weight excluding hydrogens is 188 g/mol. The Morgan fingerprint density at radius 1 is 1.31 bits per heavy atom. The molecule has 13 heavy (non-hydrogen) atoms. The van der Waals surface area contributed by atoms with Crippen LogP contribution in [0, 0.1) is 0 Å². The van der Waals surface area contributed by atoms with Gasteiger partial charge in [0.15, 0.2) is 9.84 Å². The molecule has 0 aliphatic heterocycles. The molecule has 1 aromatic carbocycles. The van der Waals surface area contributed by atoms with Crippen LogP contribution >= 0.6 is 0 Å². The van der Waals surface area contributed by atoms with Crippen LogP contribution in [-0.4, -0.2) is 19.8 Å². The lowest BCUT2D eigenvalue weighted by molar-refractivity contribution is 0.512. The van der Waals surface area contributed by atoms with Crippen LogP contribution in [-0.2, 0) is 9.84 Å². The third-order valence-electron chi connectivity index (χ3n) is 1.40. The maximum Gasteiger partial charge on any atom is 0.172 e. The molecule has 0 atom stereocenters. The van der Waals surface area contributed by atoms with Gasteiger partial charge in [-0.2, -0.15) is 0 Å². The summed E-state index contributed by atoms with van der Waals surface area (Å²) in [6.45, 7) is 0. The maximum absolute atomic E-state index is 10.8. The summed E-state index contributed by atoms with van der Waals surface area (Å²) in [6, 6.07) is 8.51. The highest BCUT2D eigenvalue weighted by molar-refractivity contribution is 7.93. The summed E-state index contributed by atoms with van der Waals surface area (Å²) in [5.41, 5.74) is 0.493. The number of aliphatic hydroxyl groups is 1. The Morgan fingerprint density at radius 3 is 2.31 bits per heavy atom. The highest BCUT2D eigenvalue weighted by atomic mass is 32.2. The normalized spacial score (nSPS) is 12.8. The average Bonchev–Trinajstić information content (AvgIpc) is 2.03. The molecule has 0 saturated carbocycles. The van der Waals surface area contributed by atoms with Crippen LogP contribution in [0.5, 0.6) is 0 Å². The minimum atomic E-state index is -3.28. The second kappa shape index (κ2) is 3.62. The largest absolute Gasteiger partial charge is 0.507 e. The molecule has 0 aliphatic rings. The Balaban J connectivity index is 3.06. The van der Waals surface area contributed by atoms with Crippen molar-refractivity contribution < 1.29 is 13.5 Å². The monoisotopic (exact) mass is 198 g/mol. The van der Waals surface area contributed by atoms with Gasteiger partial charge in [0.05, 0.1) is 5.41 Å². The minimum absolute atomic E-state index is 0.233. The number of hydrogen-bond acceptors (Lipinski definition) is 3. The van der Waals surface area contributed by atoms with Crippen LogP contribution in [0.1, 0.15) is 5.56 Å². The van der Waals surface area contributed by atoms with E-state index >= 15 is 0 Å². The fraction of sp³-hybridized carbons (Fsp3) is 0.111. The van der Waals surface area contributed by atoms with Crippen LogP contribution in [0.4, 0.5) is 0 Å². The molecule has 0 amide bonds. The lowest BCUT2D eigenvalue weighted by Crippen LogP contribution is -1.92. The molecule has 0 saturated heterocycles. The first-order valence-electron chi connectivity index (χ1n) is 3.65. The molecule has 0 unspecified atom stereocenters. The summed E-state index contributed by atoms with van der Waals surface area (Å²) >= 11 is 0. The Kier molecular flexibility index (Phi) is 2.72. The van der Waals surface area contributed by atoms with Gasteiger partial charge in [-0.15, -0.1) is 0 Å². The molecule has 3 nitrogen and oxygen atoms in total. The summed E-state index contributed by atoms with van der Waals surface area (Å²) in [5, 5.41) is 10.2. The van der Waals surface area contributed by atoms with E-state index in [1.54, 1.807) is 30.3 Å². The van der Waals surface area contributed by atoms with Crippen molar-refractivity contribution >= 4 is 15.6 Å². The second-order valence-electron chi connectivity index (χ2n) is 2.70. The first-order chi connectivity index (χ1) is 5.99. The zero-order valence-corrected chi connectivity index (χ0v) is 7.95. The van der Waals surface area contributed by atoms with Gasteiger partial charge in [-0.05, 0) is 0 Å². The van der Waals surface area contributed by atoms with E-state index in [-0.39, 0.29) is 5.76 Å². The lowest BCUT2D eigenvalue weighted by atomic mass is 10.2. The molecule has 0 spiro atoms. The number of aliphatic hydroxyl groups excluding tert-OH is 1. The van der Waals surface area contributed by atoms with Crippen LogP contribution in [0.2, 0.25) is 0 Å². The van der Waals surface area contributed by atoms with Gasteiger partial charge in [-0.25, -0.2) is 8.42 Å². The fourth-order valence-corrected chi connectivity index (χ4v) is 1.42. The standard InChI is InChI=1S/C9H10O3S/c1-13(11,12)7-9(10)8-5-3-2-4-6-8/h2-7,10H,1H3/b9-7-. The molecular formula is C9H10O3S. The van der Waals surface area contributed by atoms with Crippen molar-refractivity contribution in [1.29, 1.82) is 0 Å². The smallest absolute Gasteiger partial charge is 0.172 e. The zero-order valence-electron chi connectivity index (χ0n) is 7.14. The van der Waals surface area contributed by atoms with Gasteiger partial charge in [0.1, 0.15) is 5.76 Å². The highest BCUT2D eigenvalue weighted by Gasteiger charge is 2.02. The summed E-state index contributed by atoms with van der Waals surface area (Å²) < 4.78 is 21.6. The van der Waals surface area contributed by atoms with Crippen LogP contribution in [0.15, 0.2) is 35.7 Å². The maximum atomic E-state index is 10.8. The number of sulfone groups is 1. The summed E-state index contributed by atoms with van der Waals surface area (Å²) in [7, 11) is -3.28. The van der Waals surface area contributed by atoms with Crippen molar-refractivity contribution in [3.8, 4) is 0 Å². The summed E-state index contributed by atoms with van der Waals surface area (Å²) in [5.74, 6) is -0.233. The van der Waals surface area contributed by atoms with E-state index in [9.17, 15) is 13.5 Å². The molecule has 0 fully saturated rings. The van der Waals surface area contributed by atoms with Crippen LogP contribution in [0.25, 0.3) is 5.76 Å². The molecule has 0 radical (unpaired) electrons. The molecule has 1 rings (SSSR count). The van der Waals surface area contributed by atoms with E-state index in [0.29, 0.717) is 5.56 Å². The Bertz CT molecular complexity index is 404. The molecule has 0 heterocycles. The molecule has 70 valence electrons. The predicted octanol–water partition coefficient (Wildman–Crippen LogP) is 1.59. The highest BCUT2D eigenvalue weighted by Crippen LogP contribution is 2.11. The average molecular weight is 198 g/mol. The second-order valence-corrected chi connectivity index (χ2v) is 4.59. The molecule has 1 N–H and O–H groups in total. The van der Waals surface area contributed by atoms with Crippen molar-refractivity contribution in [3.05, 3.63) is 41.3 Å². The first kappa shape index (κ1) is 9.80. The van der Waals surface area contributed by atoms with Crippen molar-refractivity contribution in [2.75, 3.05) is 6.26 Å². The van der Waals surface area contributed by atoms with E-state index in [4.69, 9.17) is 0 Å². The van der Waals surface area contributed by atoms with Gasteiger partial charge in [0, 0.05) is 11.8 Å². The van der Waals surface area contributed by atoms with Gasteiger partial charge in [0.2, 0.25) is 0 Å². The van der Waals surface area contributed by atoms with E-state index in [1.807, 2.05) is 0 Å². The fourth-order valence-electron chi connectivity index (χ4n) is 0.880. The Labute approximate surface area is 77.3 Å². The van der Waals surface area contributed by atoms with Crippen molar-refractivity contribution in [2.24, 2.45) is 0 Å². The van der Waals surface area contributed by atoms with Crippen molar-refractivity contribution in [2.45, 2.75) is 0 Å². The lowest BCUT2D eigenvalue weighted by Gasteiger charge is -1.97. The first-order valence-corrected chi connectivity index (χ1v) is 5.60. The Morgan fingerprint density at radius 2 is 1.85 bits per heavy atom. The van der Waals surface area contributed by atoms with E-state index < -0.39 is 9.84 Å². The van der Waals surface area contributed by atoms with E-state index in [2.05, 4.69) is 0 Å². The van der Waals surface area contributed by atoms with E-state index in [0.717, 1.165) is 11.7 Å². The van der Waals surface area contributed by atoms with Crippen LogP contribution < -0.4 is 0 Å². The van der Waals surface area contributed by atoms with Crippen molar-refractivity contribution in [1.82, 2.24) is 0 Å². The van der Waals surface area contributed by atoms with Gasteiger partial charge in [0.25, 0.3) is 0 Å². The molecule has 4 heteroatoms. The predicted molar refractivity (Wildman–Crippen MR) is 51.9 cm³/mol. The molecule has 0 bridgehead atoms. The number of hydrogen-bond donors (Lipinski definition) is 1.